The summed E-state index contributed by atoms with van der Waals surface area (Å²) < 4.78 is 24.7. The van der Waals surface area contributed by atoms with E-state index in [1.807, 2.05) is 66.7 Å². The normalized spacial score (nSPS) is 21.1. The Morgan fingerprint density at radius 2 is 1.42 bits per heavy atom. The van der Waals surface area contributed by atoms with Gasteiger partial charge in [0, 0.05) is 23.3 Å². The van der Waals surface area contributed by atoms with Crippen LogP contribution in [0.15, 0.2) is 91.0 Å². The minimum absolute atomic E-state index is 0.137. The first-order chi connectivity index (χ1) is 18.5. The van der Waals surface area contributed by atoms with E-state index in [0.717, 1.165) is 22.3 Å². The Labute approximate surface area is 221 Å². The molecule has 6 rings (SSSR count). The third kappa shape index (κ3) is 4.08. The molecule has 2 heterocycles. The lowest BCUT2D eigenvalue weighted by atomic mass is 9.69. The van der Waals surface area contributed by atoms with Gasteiger partial charge in [0.05, 0.1) is 20.1 Å². The molecule has 0 amide bonds. The van der Waals surface area contributed by atoms with E-state index in [9.17, 15) is 10.2 Å². The van der Waals surface area contributed by atoms with Gasteiger partial charge in [0.15, 0.2) is 5.60 Å². The largest absolute Gasteiger partial charge is 0.508 e. The van der Waals surface area contributed by atoms with Crippen LogP contribution in [0.5, 0.6) is 34.5 Å². The SMILES string of the molecule is COc1ccc2c(c1)O[C@@]1(/C=C/c3ccc(O)cc3)c3ccc(OC)cc3O[C@H]2[C@H]1Cc1ccc(O)cc1. The zero-order chi connectivity index (χ0) is 26.3. The number of hydrogen-bond donors (Lipinski definition) is 2. The molecule has 0 aliphatic carbocycles. The molecular weight excluding hydrogens is 480 g/mol. The summed E-state index contributed by atoms with van der Waals surface area (Å²) in [6, 6.07) is 26.0. The Kier molecular flexibility index (Phi) is 5.87. The molecular formula is C32H28O6. The van der Waals surface area contributed by atoms with Gasteiger partial charge < -0.3 is 29.2 Å². The monoisotopic (exact) mass is 508 g/mol. The van der Waals surface area contributed by atoms with Gasteiger partial charge in [-0.15, -0.1) is 0 Å². The molecule has 0 aromatic heterocycles. The van der Waals surface area contributed by atoms with E-state index in [-0.39, 0.29) is 23.5 Å². The van der Waals surface area contributed by atoms with Crippen molar-refractivity contribution in [1.82, 2.24) is 0 Å². The maximum Gasteiger partial charge on any atom is 0.163 e. The van der Waals surface area contributed by atoms with Gasteiger partial charge in [0.1, 0.15) is 40.6 Å². The average molecular weight is 509 g/mol. The maximum absolute atomic E-state index is 9.86. The van der Waals surface area contributed by atoms with Crippen LogP contribution in [0, 0.1) is 5.92 Å². The van der Waals surface area contributed by atoms with Crippen LogP contribution in [0.25, 0.3) is 6.08 Å². The number of hydrogen-bond acceptors (Lipinski definition) is 6. The van der Waals surface area contributed by atoms with E-state index in [0.29, 0.717) is 29.4 Å². The van der Waals surface area contributed by atoms with Gasteiger partial charge in [-0.1, -0.05) is 30.3 Å². The van der Waals surface area contributed by atoms with E-state index >= 15 is 0 Å². The number of phenols is 2. The van der Waals surface area contributed by atoms with Gasteiger partial charge in [0.2, 0.25) is 0 Å². The van der Waals surface area contributed by atoms with Gasteiger partial charge in [-0.2, -0.15) is 0 Å². The van der Waals surface area contributed by atoms with Crippen molar-refractivity contribution in [3.8, 4) is 34.5 Å². The molecule has 0 saturated carbocycles. The third-order valence-electron chi connectivity index (χ3n) is 7.39. The van der Waals surface area contributed by atoms with Crippen molar-refractivity contribution in [1.29, 1.82) is 0 Å². The molecule has 4 aromatic rings. The number of benzene rings is 4. The van der Waals surface area contributed by atoms with E-state index in [1.54, 1.807) is 38.5 Å². The second-order valence-electron chi connectivity index (χ2n) is 9.60. The highest BCUT2D eigenvalue weighted by Crippen LogP contribution is 2.58. The molecule has 0 fully saturated rings. The highest BCUT2D eigenvalue weighted by atomic mass is 16.5. The Morgan fingerprint density at radius 1 is 0.789 bits per heavy atom. The first-order valence-electron chi connectivity index (χ1n) is 12.5. The Hall–Kier alpha value is -4.58. The molecule has 2 aliphatic heterocycles. The molecule has 0 saturated heterocycles. The van der Waals surface area contributed by atoms with Gasteiger partial charge >= 0.3 is 0 Å². The Bertz CT molecular complexity index is 1490. The number of fused-ring (bicyclic) bond motifs is 6. The Balaban J connectivity index is 1.56. The second-order valence-corrected chi connectivity index (χ2v) is 9.60. The standard InChI is InChI=1S/C32H28O6/c1-35-24-11-13-26-29(18-24)38-32(16-15-20-3-7-22(33)8-4-20)27-14-12-25(36-2)19-30(27)37-31(26)28(32)17-21-5-9-23(34)10-6-21/h3-16,18-19,28,31,33-34H,17H2,1-2H3/b16-15+/t28-,31-,32+/m1/s1. The van der Waals surface area contributed by atoms with Crippen LogP contribution in [0.1, 0.15) is 28.4 Å². The van der Waals surface area contributed by atoms with Crippen molar-refractivity contribution in [2.45, 2.75) is 18.1 Å². The highest BCUT2D eigenvalue weighted by Gasteiger charge is 2.55. The van der Waals surface area contributed by atoms with Gasteiger partial charge in [-0.25, -0.2) is 0 Å². The summed E-state index contributed by atoms with van der Waals surface area (Å²) in [5, 5.41) is 19.6. The van der Waals surface area contributed by atoms with Crippen LogP contribution in [-0.2, 0) is 12.0 Å². The molecule has 0 radical (unpaired) electrons. The predicted octanol–water partition coefficient (Wildman–Crippen LogP) is 6.41. The smallest absolute Gasteiger partial charge is 0.163 e. The second kappa shape index (κ2) is 9.38. The fourth-order valence-electron chi connectivity index (χ4n) is 5.45. The van der Waals surface area contributed by atoms with Crippen molar-refractivity contribution in [2.24, 2.45) is 5.92 Å². The lowest BCUT2D eigenvalue weighted by Crippen LogP contribution is -2.51. The topological polar surface area (TPSA) is 77.4 Å². The summed E-state index contributed by atoms with van der Waals surface area (Å²) in [4.78, 5) is 0. The molecule has 3 atom stereocenters. The lowest BCUT2D eigenvalue weighted by molar-refractivity contribution is -0.0624. The number of methoxy groups -OCH3 is 2. The predicted molar refractivity (Wildman–Crippen MR) is 144 cm³/mol. The highest BCUT2D eigenvalue weighted by molar-refractivity contribution is 5.60. The first-order valence-corrected chi connectivity index (χ1v) is 12.5. The summed E-state index contributed by atoms with van der Waals surface area (Å²) in [7, 11) is 3.27. The molecule has 4 aromatic carbocycles. The average Bonchev–Trinajstić information content (AvgIpc) is 2.94. The summed E-state index contributed by atoms with van der Waals surface area (Å²) >= 11 is 0. The van der Waals surface area contributed by atoms with Gasteiger partial charge in [-0.3, -0.25) is 0 Å². The van der Waals surface area contributed by atoms with E-state index in [1.165, 1.54) is 0 Å². The number of ether oxygens (including phenoxy) is 4. The minimum Gasteiger partial charge on any atom is -0.508 e. The van der Waals surface area contributed by atoms with E-state index in [2.05, 4.69) is 6.08 Å². The lowest BCUT2D eigenvalue weighted by Gasteiger charge is -2.51. The van der Waals surface area contributed by atoms with Crippen LogP contribution in [0.2, 0.25) is 0 Å². The van der Waals surface area contributed by atoms with Crippen molar-refractivity contribution in [3.05, 3.63) is 113 Å². The van der Waals surface area contributed by atoms with Crippen LogP contribution in [-0.4, -0.2) is 24.4 Å². The molecule has 0 unspecified atom stereocenters. The molecule has 2 N–H and O–H groups in total. The van der Waals surface area contributed by atoms with Crippen molar-refractivity contribution in [3.63, 3.8) is 0 Å². The fraction of sp³-hybridized carbons (Fsp3) is 0.188. The summed E-state index contributed by atoms with van der Waals surface area (Å²) in [6.07, 6.45) is 4.43. The van der Waals surface area contributed by atoms with Crippen LogP contribution < -0.4 is 18.9 Å². The van der Waals surface area contributed by atoms with Crippen LogP contribution >= 0.6 is 0 Å². The quantitative estimate of drug-likeness (QED) is 0.314. The molecule has 38 heavy (non-hydrogen) atoms. The molecule has 0 spiro atoms. The number of rotatable bonds is 6. The maximum atomic E-state index is 9.86. The molecule has 6 heteroatoms. The summed E-state index contributed by atoms with van der Waals surface area (Å²) in [5.74, 6) is 3.10. The first kappa shape index (κ1) is 23.8. The number of aromatic hydroxyl groups is 2. The van der Waals surface area contributed by atoms with Crippen molar-refractivity contribution >= 4 is 6.08 Å². The summed E-state index contributed by atoms with van der Waals surface area (Å²) in [5.41, 5.74) is 2.93. The molecule has 2 bridgehead atoms. The Morgan fingerprint density at radius 3 is 2.11 bits per heavy atom. The van der Waals surface area contributed by atoms with Crippen LogP contribution in [0.4, 0.5) is 0 Å². The zero-order valence-electron chi connectivity index (χ0n) is 21.1. The van der Waals surface area contributed by atoms with Crippen molar-refractivity contribution in [2.75, 3.05) is 14.2 Å². The third-order valence-corrected chi connectivity index (χ3v) is 7.39. The molecule has 6 nitrogen and oxygen atoms in total. The van der Waals surface area contributed by atoms with Gasteiger partial charge in [-0.05, 0) is 72.2 Å². The van der Waals surface area contributed by atoms with Crippen LogP contribution in [0.3, 0.4) is 0 Å². The molecule has 192 valence electrons. The zero-order valence-corrected chi connectivity index (χ0v) is 21.1. The van der Waals surface area contributed by atoms with E-state index in [4.69, 9.17) is 18.9 Å². The minimum atomic E-state index is -0.889. The van der Waals surface area contributed by atoms with Gasteiger partial charge in [0.25, 0.3) is 0 Å². The van der Waals surface area contributed by atoms with E-state index < -0.39 is 5.60 Å². The molecule has 2 aliphatic rings. The number of phenolic OH excluding ortho intramolecular Hbond substituents is 2. The fourth-order valence-corrected chi connectivity index (χ4v) is 5.45. The van der Waals surface area contributed by atoms with Crippen molar-refractivity contribution < 1.29 is 29.2 Å². The summed E-state index contributed by atoms with van der Waals surface area (Å²) in [6.45, 7) is 0.